The van der Waals surface area contributed by atoms with Crippen LogP contribution in [-0.2, 0) is 11.3 Å². The number of ether oxygens (including phenoxy) is 1. The molecule has 148 valence electrons. The fourth-order valence-electron chi connectivity index (χ4n) is 4.21. The summed E-state index contributed by atoms with van der Waals surface area (Å²) in [6.45, 7) is 7.33. The van der Waals surface area contributed by atoms with Gasteiger partial charge in [0.05, 0.1) is 12.1 Å². The van der Waals surface area contributed by atoms with Gasteiger partial charge in [0, 0.05) is 50.4 Å². The third kappa shape index (κ3) is 3.49. The Bertz CT molecular complexity index is 984. The number of aryl methyl sites for hydroxylation is 2. The van der Waals surface area contributed by atoms with Crippen LogP contribution < -0.4 is 4.90 Å². The van der Waals surface area contributed by atoms with E-state index in [1.54, 1.807) is 13.2 Å². The van der Waals surface area contributed by atoms with Gasteiger partial charge in [-0.15, -0.1) is 0 Å². The molecule has 1 unspecified atom stereocenters. The molecule has 0 aliphatic carbocycles. The molecule has 0 radical (unpaired) electrons. The van der Waals surface area contributed by atoms with Crippen LogP contribution in [0.3, 0.4) is 0 Å². The van der Waals surface area contributed by atoms with E-state index in [0.29, 0.717) is 17.9 Å². The number of imidazole rings is 1. The standard InChI is InChI=1S/C22H27FN4O/c1-15-6-7-19(23)18-13-16(2)21(25-20(15)18)27-9-4-5-17(14-27)22-24-8-10-26(22)11-12-28-3/h6-8,10,13,17H,4-5,9,11-12,14H2,1-3H3. The van der Waals surface area contributed by atoms with Crippen LogP contribution in [0.5, 0.6) is 0 Å². The predicted molar refractivity (Wildman–Crippen MR) is 109 cm³/mol. The van der Waals surface area contributed by atoms with Crippen molar-refractivity contribution in [3.05, 3.63) is 53.4 Å². The first kappa shape index (κ1) is 18.9. The lowest BCUT2D eigenvalue weighted by molar-refractivity contribution is 0.185. The van der Waals surface area contributed by atoms with Crippen molar-refractivity contribution in [1.82, 2.24) is 14.5 Å². The summed E-state index contributed by atoms with van der Waals surface area (Å²) in [6.07, 6.45) is 6.10. The number of anilines is 1. The lowest BCUT2D eigenvalue weighted by Crippen LogP contribution is -2.36. The minimum absolute atomic E-state index is 0.209. The number of pyridine rings is 1. The van der Waals surface area contributed by atoms with Crippen molar-refractivity contribution < 1.29 is 9.13 Å². The van der Waals surface area contributed by atoms with Crippen molar-refractivity contribution in [1.29, 1.82) is 0 Å². The van der Waals surface area contributed by atoms with E-state index in [1.807, 2.05) is 32.3 Å². The molecule has 0 spiro atoms. The Kier molecular flexibility index (Phi) is 5.31. The number of fused-ring (bicyclic) bond motifs is 1. The van der Waals surface area contributed by atoms with Crippen LogP contribution in [0.15, 0.2) is 30.6 Å². The van der Waals surface area contributed by atoms with Gasteiger partial charge in [-0.25, -0.2) is 14.4 Å². The fraction of sp³-hybridized carbons (Fsp3) is 0.455. The van der Waals surface area contributed by atoms with Gasteiger partial charge >= 0.3 is 0 Å². The first-order valence-corrected chi connectivity index (χ1v) is 9.90. The Balaban J connectivity index is 1.64. The van der Waals surface area contributed by atoms with E-state index >= 15 is 0 Å². The van der Waals surface area contributed by atoms with Crippen molar-refractivity contribution in [2.24, 2.45) is 0 Å². The molecule has 4 rings (SSSR count). The SMILES string of the molecule is COCCn1ccnc1C1CCCN(c2nc3c(C)ccc(F)c3cc2C)C1. The Labute approximate surface area is 165 Å². The highest BCUT2D eigenvalue weighted by molar-refractivity contribution is 5.85. The molecule has 1 fully saturated rings. The van der Waals surface area contributed by atoms with E-state index in [-0.39, 0.29) is 5.82 Å². The zero-order chi connectivity index (χ0) is 19.7. The van der Waals surface area contributed by atoms with Crippen LogP contribution in [0.1, 0.15) is 35.7 Å². The van der Waals surface area contributed by atoms with Crippen LogP contribution in [0.2, 0.25) is 0 Å². The third-order valence-corrected chi connectivity index (χ3v) is 5.67. The zero-order valence-corrected chi connectivity index (χ0v) is 16.8. The second-order valence-electron chi connectivity index (χ2n) is 7.65. The predicted octanol–water partition coefficient (Wildman–Crippen LogP) is 4.22. The average molecular weight is 382 g/mol. The van der Waals surface area contributed by atoms with Gasteiger partial charge in [0.25, 0.3) is 0 Å². The van der Waals surface area contributed by atoms with Crippen molar-refractivity contribution in [2.45, 2.75) is 39.2 Å². The molecule has 0 bridgehead atoms. The number of halogens is 1. The van der Waals surface area contributed by atoms with Crippen molar-refractivity contribution in [3.63, 3.8) is 0 Å². The first-order valence-electron chi connectivity index (χ1n) is 9.90. The molecule has 0 saturated carbocycles. The summed E-state index contributed by atoms with van der Waals surface area (Å²) in [4.78, 5) is 11.9. The molecule has 6 heteroatoms. The summed E-state index contributed by atoms with van der Waals surface area (Å²) in [6, 6.07) is 5.26. The van der Waals surface area contributed by atoms with E-state index in [9.17, 15) is 4.39 Å². The molecule has 0 amide bonds. The van der Waals surface area contributed by atoms with Crippen LogP contribution >= 0.6 is 0 Å². The largest absolute Gasteiger partial charge is 0.383 e. The minimum atomic E-state index is -0.209. The van der Waals surface area contributed by atoms with Crippen LogP contribution in [0.4, 0.5) is 10.2 Å². The summed E-state index contributed by atoms with van der Waals surface area (Å²) in [5, 5.41) is 0.602. The Morgan fingerprint density at radius 1 is 1.25 bits per heavy atom. The molecule has 1 saturated heterocycles. The third-order valence-electron chi connectivity index (χ3n) is 5.67. The van der Waals surface area contributed by atoms with E-state index < -0.39 is 0 Å². The lowest BCUT2D eigenvalue weighted by Gasteiger charge is -2.34. The second kappa shape index (κ2) is 7.87. The Hall–Kier alpha value is -2.47. The number of hydrogen-bond acceptors (Lipinski definition) is 4. The van der Waals surface area contributed by atoms with Crippen LogP contribution in [0, 0.1) is 19.7 Å². The fourth-order valence-corrected chi connectivity index (χ4v) is 4.21. The number of methoxy groups -OCH3 is 1. The second-order valence-corrected chi connectivity index (χ2v) is 7.65. The molecular weight excluding hydrogens is 355 g/mol. The Morgan fingerprint density at radius 3 is 2.93 bits per heavy atom. The van der Waals surface area contributed by atoms with Gasteiger partial charge in [0.15, 0.2) is 0 Å². The molecule has 1 aromatic carbocycles. The van der Waals surface area contributed by atoms with E-state index in [0.717, 1.165) is 60.8 Å². The summed E-state index contributed by atoms with van der Waals surface area (Å²) >= 11 is 0. The molecule has 1 aliphatic rings. The topological polar surface area (TPSA) is 43.2 Å². The highest BCUT2D eigenvalue weighted by Crippen LogP contribution is 2.32. The van der Waals surface area contributed by atoms with Gasteiger partial charge < -0.3 is 14.2 Å². The highest BCUT2D eigenvalue weighted by atomic mass is 19.1. The van der Waals surface area contributed by atoms with Crippen molar-refractivity contribution in [2.75, 3.05) is 31.7 Å². The zero-order valence-electron chi connectivity index (χ0n) is 16.8. The molecule has 1 atom stereocenters. The average Bonchev–Trinajstić information content (AvgIpc) is 3.18. The molecule has 0 N–H and O–H groups in total. The lowest BCUT2D eigenvalue weighted by atomic mass is 9.96. The molecule has 28 heavy (non-hydrogen) atoms. The van der Waals surface area contributed by atoms with Crippen LogP contribution in [0.25, 0.3) is 10.9 Å². The van der Waals surface area contributed by atoms with E-state index in [1.165, 1.54) is 6.07 Å². The maximum atomic E-state index is 14.2. The quantitative estimate of drug-likeness (QED) is 0.663. The number of benzene rings is 1. The Morgan fingerprint density at radius 2 is 2.11 bits per heavy atom. The maximum Gasteiger partial charge on any atom is 0.132 e. The minimum Gasteiger partial charge on any atom is -0.383 e. The van der Waals surface area contributed by atoms with Crippen LogP contribution in [-0.4, -0.2) is 41.3 Å². The van der Waals surface area contributed by atoms with Gasteiger partial charge in [-0.2, -0.15) is 0 Å². The first-order chi connectivity index (χ1) is 13.6. The van der Waals surface area contributed by atoms with Gasteiger partial charge in [-0.3, -0.25) is 0 Å². The monoisotopic (exact) mass is 382 g/mol. The number of piperidine rings is 1. The molecule has 3 aromatic rings. The summed E-state index contributed by atoms with van der Waals surface area (Å²) in [5.41, 5.74) is 2.77. The molecule has 3 heterocycles. The van der Waals surface area contributed by atoms with Gasteiger partial charge in [0.2, 0.25) is 0 Å². The number of hydrogen-bond donors (Lipinski definition) is 0. The molecular formula is C22H27FN4O. The summed E-state index contributed by atoms with van der Waals surface area (Å²) < 4.78 is 21.7. The van der Waals surface area contributed by atoms with Gasteiger partial charge in [-0.1, -0.05) is 6.07 Å². The number of aromatic nitrogens is 3. The number of rotatable bonds is 5. The molecule has 2 aromatic heterocycles. The normalized spacial score (nSPS) is 17.4. The molecule has 1 aliphatic heterocycles. The van der Waals surface area contributed by atoms with E-state index in [4.69, 9.17) is 9.72 Å². The summed E-state index contributed by atoms with van der Waals surface area (Å²) in [5.74, 6) is 2.22. The number of nitrogens with zero attached hydrogens (tertiary/aromatic N) is 4. The smallest absolute Gasteiger partial charge is 0.132 e. The molecule has 5 nitrogen and oxygen atoms in total. The maximum absolute atomic E-state index is 14.2. The highest BCUT2D eigenvalue weighted by Gasteiger charge is 2.26. The van der Waals surface area contributed by atoms with E-state index in [2.05, 4.69) is 14.5 Å². The van der Waals surface area contributed by atoms with Gasteiger partial charge in [0.1, 0.15) is 17.5 Å². The van der Waals surface area contributed by atoms with Gasteiger partial charge in [-0.05, 0) is 49.9 Å². The van der Waals surface area contributed by atoms with Crippen molar-refractivity contribution >= 4 is 16.7 Å². The van der Waals surface area contributed by atoms with Crippen molar-refractivity contribution in [3.8, 4) is 0 Å². The summed E-state index contributed by atoms with van der Waals surface area (Å²) in [7, 11) is 1.72.